The van der Waals surface area contributed by atoms with Gasteiger partial charge in [0.25, 0.3) is 0 Å². The summed E-state index contributed by atoms with van der Waals surface area (Å²) in [6.45, 7) is 5.51. The fraction of sp³-hybridized carbons (Fsp3) is 0.769. The SMILES string of the molecule is CCCN(CC(=O)NC)C(=O)NC(C)(CCC)C(=O)O. The lowest BCUT2D eigenvalue weighted by atomic mass is 9.96. The number of urea groups is 1. The lowest BCUT2D eigenvalue weighted by Gasteiger charge is -2.30. The number of rotatable bonds is 8. The zero-order valence-corrected chi connectivity index (χ0v) is 12.7. The Morgan fingerprint density at radius 2 is 1.80 bits per heavy atom. The predicted molar refractivity (Wildman–Crippen MR) is 75.4 cm³/mol. The molecule has 7 heteroatoms. The molecule has 0 spiro atoms. The van der Waals surface area contributed by atoms with Crippen LogP contribution < -0.4 is 10.6 Å². The molecule has 0 aromatic heterocycles. The van der Waals surface area contributed by atoms with Crippen molar-refractivity contribution in [2.24, 2.45) is 0 Å². The van der Waals surface area contributed by atoms with Crippen LogP contribution in [0.2, 0.25) is 0 Å². The van der Waals surface area contributed by atoms with Crippen LogP contribution in [0.25, 0.3) is 0 Å². The Morgan fingerprint density at radius 1 is 1.20 bits per heavy atom. The van der Waals surface area contributed by atoms with Crippen molar-refractivity contribution in [1.82, 2.24) is 15.5 Å². The third-order valence-corrected chi connectivity index (χ3v) is 3.00. The summed E-state index contributed by atoms with van der Waals surface area (Å²) >= 11 is 0. The van der Waals surface area contributed by atoms with E-state index in [0.29, 0.717) is 25.8 Å². The maximum Gasteiger partial charge on any atom is 0.329 e. The van der Waals surface area contributed by atoms with Crippen LogP contribution in [0.3, 0.4) is 0 Å². The van der Waals surface area contributed by atoms with E-state index in [1.165, 1.54) is 18.9 Å². The number of amides is 3. The Kier molecular flexibility index (Phi) is 7.64. The van der Waals surface area contributed by atoms with Gasteiger partial charge in [0.1, 0.15) is 12.1 Å². The van der Waals surface area contributed by atoms with Crippen LogP contribution >= 0.6 is 0 Å². The zero-order chi connectivity index (χ0) is 15.8. The maximum absolute atomic E-state index is 12.2. The van der Waals surface area contributed by atoms with Gasteiger partial charge >= 0.3 is 12.0 Å². The second-order valence-electron chi connectivity index (χ2n) is 4.91. The molecule has 20 heavy (non-hydrogen) atoms. The highest BCUT2D eigenvalue weighted by Gasteiger charge is 2.35. The van der Waals surface area contributed by atoms with Crippen LogP contribution in [0.5, 0.6) is 0 Å². The van der Waals surface area contributed by atoms with Gasteiger partial charge in [0, 0.05) is 13.6 Å². The minimum absolute atomic E-state index is 0.0853. The van der Waals surface area contributed by atoms with E-state index in [1.807, 2.05) is 13.8 Å². The van der Waals surface area contributed by atoms with Crippen molar-refractivity contribution >= 4 is 17.9 Å². The Bertz CT molecular complexity index is 360. The van der Waals surface area contributed by atoms with Gasteiger partial charge in [-0.05, 0) is 19.8 Å². The molecule has 0 bridgehead atoms. The molecule has 0 aliphatic heterocycles. The monoisotopic (exact) mass is 287 g/mol. The molecule has 0 saturated heterocycles. The summed E-state index contributed by atoms with van der Waals surface area (Å²) in [6, 6.07) is -0.534. The van der Waals surface area contributed by atoms with E-state index in [4.69, 9.17) is 0 Å². The highest BCUT2D eigenvalue weighted by molar-refractivity contribution is 5.88. The fourth-order valence-corrected chi connectivity index (χ4v) is 1.81. The van der Waals surface area contributed by atoms with Crippen LogP contribution in [0.4, 0.5) is 4.79 Å². The number of hydrogen-bond donors (Lipinski definition) is 3. The molecule has 0 aliphatic carbocycles. The van der Waals surface area contributed by atoms with Crippen molar-refractivity contribution < 1.29 is 19.5 Å². The molecule has 1 atom stereocenters. The van der Waals surface area contributed by atoms with E-state index in [0.717, 1.165) is 0 Å². The highest BCUT2D eigenvalue weighted by atomic mass is 16.4. The molecule has 0 aromatic carbocycles. The molecule has 0 saturated carbocycles. The molecule has 3 amide bonds. The summed E-state index contributed by atoms with van der Waals surface area (Å²) in [7, 11) is 1.49. The highest BCUT2D eigenvalue weighted by Crippen LogP contribution is 2.13. The van der Waals surface area contributed by atoms with E-state index in [1.54, 1.807) is 0 Å². The van der Waals surface area contributed by atoms with Crippen LogP contribution in [-0.4, -0.2) is 53.6 Å². The number of hydrogen-bond acceptors (Lipinski definition) is 3. The van der Waals surface area contributed by atoms with Gasteiger partial charge in [-0.3, -0.25) is 4.79 Å². The van der Waals surface area contributed by atoms with Crippen LogP contribution in [0.15, 0.2) is 0 Å². The second kappa shape index (κ2) is 8.39. The molecule has 0 fully saturated rings. The number of likely N-dealkylation sites (N-methyl/N-ethyl adjacent to an activating group) is 1. The lowest BCUT2D eigenvalue weighted by Crippen LogP contribution is -2.57. The number of carboxylic acids is 1. The number of carboxylic acid groups (broad SMARTS) is 1. The first-order valence-electron chi connectivity index (χ1n) is 6.81. The van der Waals surface area contributed by atoms with E-state index < -0.39 is 17.5 Å². The molecule has 0 rings (SSSR count). The first-order valence-corrected chi connectivity index (χ1v) is 6.81. The fourth-order valence-electron chi connectivity index (χ4n) is 1.81. The number of nitrogens with zero attached hydrogens (tertiary/aromatic N) is 1. The molecule has 3 N–H and O–H groups in total. The largest absolute Gasteiger partial charge is 0.480 e. The first kappa shape index (κ1) is 18.2. The average Bonchev–Trinajstić information content (AvgIpc) is 2.37. The topological polar surface area (TPSA) is 98.7 Å². The number of carbonyl (C=O) groups is 3. The van der Waals surface area contributed by atoms with E-state index >= 15 is 0 Å². The summed E-state index contributed by atoms with van der Waals surface area (Å²) in [5.41, 5.74) is -1.32. The van der Waals surface area contributed by atoms with Gasteiger partial charge in [0.2, 0.25) is 5.91 Å². The minimum atomic E-state index is -1.32. The average molecular weight is 287 g/mol. The quantitative estimate of drug-likeness (QED) is 0.615. The Labute approximate surface area is 119 Å². The van der Waals surface area contributed by atoms with Gasteiger partial charge in [-0.15, -0.1) is 0 Å². The summed E-state index contributed by atoms with van der Waals surface area (Å²) < 4.78 is 0. The van der Waals surface area contributed by atoms with Crippen LogP contribution in [0, 0.1) is 0 Å². The molecule has 0 aliphatic rings. The Hall–Kier alpha value is -1.79. The predicted octanol–water partition coefficient (Wildman–Crippen LogP) is 0.797. The van der Waals surface area contributed by atoms with Gasteiger partial charge in [0.15, 0.2) is 0 Å². The summed E-state index contributed by atoms with van der Waals surface area (Å²) in [6.07, 6.45) is 1.64. The molecular formula is C13H25N3O4. The molecule has 7 nitrogen and oxygen atoms in total. The third kappa shape index (κ3) is 5.46. The molecule has 0 heterocycles. The zero-order valence-electron chi connectivity index (χ0n) is 12.7. The van der Waals surface area contributed by atoms with Crippen molar-refractivity contribution in [3.8, 4) is 0 Å². The van der Waals surface area contributed by atoms with Crippen LogP contribution in [0.1, 0.15) is 40.0 Å². The second-order valence-corrected chi connectivity index (χ2v) is 4.91. The molecule has 116 valence electrons. The summed E-state index contributed by atoms with van der Waals surface area (Å²) in [5.74, 6) is -1.37. The molecule has 0 radical (unpaired) electrons. The molecule has 1 unspecified atom stereocenters. The standard InChI is InChI=1S/C13H25N3O4/c1-5-7-13(3,11(18)19)15-12(20)16(8-6-2)9-10(17)14-4/h5-9H2,1-4H3,(H,14,17)(H,15,20)(H,18,19). The van der Waals surface area contributed by atoms with Crippen molar-refractivity contribution in [3.63, 3.8) is 0 Å². The van der Waals surface area contributed by atoms with Gasteiger partial charge in [-0.2, -0.15) is 0 Å². The molecule has 0 aromatic rings. The van der Waals surface area contributed by atoms with E-state index in [-0.39, 0.29) is 12.5 Å². The van der Waals surface area contributed by atoms with Crippen LogP contribution in [-0.2, 0) is 9.59 Å². The lowest BCUT2D eigenvalue weighted by molar-refractivity contribution is -0.144. The number of aliphatic carboxylic acids is 1. The minimum Gasteiger partial charge on any atom is -0.480 e. The Morgan fingerprint density at radius 3 is 2.20 bits per heavy atom. The van der Waals surface area contributed by atoms with Crippen molar-refractivity contribution in [2.75, 3.05) is 20.1 Å². The normalized spacial score (nSPS) is 13.2. The maximum atomic E-state index is 12.2. The number of nitrogens with one attached hydrogen (secondary N) is 2. The van der Waals surface area contributed by atoms with Gasteiger partial charge < -0.3 is 20.6 Å². The third-order valence-electron chi connectivity index (χ3n) is 3.00. The van der Waals surface area contributed by atoms with Crippen molar-refractivity contribution in [2.45, 2.75) is 45.6 Å². The van der Waals surface area contributed by atoms with E-state index in [9.17, 15) is 19.5 Å². The van der Waals surface area contributed by atoms with E-state index in [2.05, 4.69) is 10.6 Å². The number of carbonyl (C=O) groups excluding carboxylic acids is 2. The first-order chi connectivity index (χ1) is 9.30. The van der Waals surface area contributed by atoms with Gasteiger partial charge in [-0.25, -0.2) is 9.59 Å². The van der Waals surface area contributed by atoms with Crippen molar-refractivity contribution in [1.29, 1.82) is 0 Å². The van der Waals surface area contributed by atoms with Gasteiger partial charge in [0.05, 0.1) is 0 Å². The van der Waals surface area contributed by atoms with Gasteiger partial charge in [-0.1, -0.05) is 20.3 Å². The summed E-state index contributed by atoms with van der Waals surface area (Å²) in [5, 5.41) is 14.2. The van der Waals surface area contributed by atoms with Crippen molar-refractivity contribution in [3.05, 3.63) is 0 Å². The summed E-state index contributed by atoms with van der Waals surface area (Å²) in [4.78, 5) is 36.1. The smallest absolute Gasteiger partial charge is 0.329 e. The molecular weight excluding hydrogens is 262 g/mol. The Balaban J connectivity index is 4.88.